The molecular formula is C9H15NO2. The molecule has 0 saturated carbocycles. The Labute approximate surface area is 73.3 Å². The maximum absolute atomic E-state index is 10.5. The summed E-state index contributed by atoms with van der Waals surface area (Å²) in [6.07, 6.45) is 5.02. The van der Waals surface area contributed by atoms with Crippen molar-refractivity contribution >= 4 is 6.09 Å². The van der Waals surface area contributed by atoms with E-state index < -0.39 is 11.7 Å². The molecule has 0 aliphatic rings. The largest absolute Gasteiger partial charge is 0.430 e. The minimum Gasteiger partial charge on any atom is -0.430 e. The van der Waals surface area contributed by atoms with Gasteiger partial charge in [-0.25, -0.2) is 4.79 Å². The number of nitrogens with two attached hydrogens (primary N) is 1. The first kappa shape index (κ1) is 10.8. The summed E-state index contributed by atoms with van der Waals surface area (Å²) in [5, 5.41) is 0. The average molecular weight is 169 g/mol. The van der Waals surface area contributed by atoms with E-state index >= 15 is 0 Å². The summed E-state index contributed by atoms with van der Waals surface area (Å²) in [6.45, 7) is 5.68. The summed E-state index contributed by atoms with van der Waals surface area (Å²) < 4.78 is 4.80. The van der Waals surface area contributed by atoms with Crippen molar-refractivity contribution in [1.82, 2.24) is 0 Å². The third-order valence-corrected chi connectivity index (χ3v) is 1.43. The van der Waals surface area contributed by atoms with Crippen molar-refractivity contribution in [2.24, 2.45) is 11.7 Å². The highest BCUT2D eigenvalue weighted by Gasteiger charge is 2.26. The molecule has 3 nitrogen and oxygen atoms in total. The smallest absolute Gasteiger partial charge is 0.406 e. The van der Waals surface area contributed by atoms with Gasteiger partial charge in [-0.15, -0.1) is 6.42 Å². The third kappa shape index (κ3) is 3.87. The molecule has 0 saturated heterocycles. The van der Waals surface area contributed by atoms with Gasteiger partial charge in [-0.3, -0.25) is 0 Å². The molecule has 0 aromatic carbocycles. The van der Waals surface area contributed by atoms with Gasteiger partial charge in [-0.05, 0) is 12.8 Å². The van der Waals surface area contributed by atoms with Crippen LogP contribution in [0, 0.1) is 18.3 Å². The van der Waals surface area contributed by atoms with E-state index in [2.05, 4.69) is 5.92 Å². The summed E-state index contributed by atoms with van der Waals surface area (Å²) in [4.78, 5) is 10.5. The van der Waals surface area contributed by atoms with Gasteiger partial charge in [0.1, 0.15) is 0 Å². The van der Waals surface area contributed by atoms with Crippen LogP contribution in [0.1, 0.15) is 27.2 Å². The van der Waals surface area contributed by atoms with Gasteiger partial charge in [-0.1, -0.05) is 19.8 Å². The van der Waals surface area contributed by atoms with Gasteiger partial charge in [0.2, 0.25) is 0 Å². The standard InChI is InChI=1S/C9H15NO2/c1-5-9(4,6-7(2)3)12-8(10)11/h1,7H,6H2,2-4H3,(H2,10,11). The number of carbonyl (C=O) groups is 1. The molecule has 3 heteroatoms. The van der Waals surface area contributed by atoms with Crippen molar-refractivity contribution < 1.29 is 9.53 Å². The molecule has 0 aliphatic heterocycles. The Bertz CT molecular complexity index is 205. The van der Waals surface area contributed by atoms with E-state index in [0.29, 0.717) is 12.3 Å². The molecule has 12 heavy (non-hydrogen) atoms. The van der Waals surface area contributed by atoms with Gasteiger partial charge in [0.05, 0.1) is 0 Å². The van der Waals surface area contributed by atoms with Crippen LogP contribution >= 0.6 is 0 Å². The first-order valence-electron chi connectivity index (χ1n) is 3.86. The molecule has 1 unspecified atom stereocenters. The fourth-order valence-electron chi connectivity index (χ4n) is 1.13. The van der Waals surface area contributed by atoms with Crippen LogP contribution in [-0.2, 0) is 4.74 Å². The van der Waals surface area contributed by atoms with E-state index in [-0.39, 0.29) is 0 Å². The normalized spacial score (nSPS) is 14.9. The van der Waals surface area contributed by atoms with Crippen molar-refractivity contribution in [3.05, 3.63) is 0 Å². The lowest BCUT2D eigenvalue weighted by Crippen LogP contribution is -2.34. The van der Waals surface area contributed by atoms with Gasteiger partial charge in [0.15, 0.2) is 5.60 Å². The van der Waals surface area contributed by atoms with Crippen LogP contribution in [0.3, 0.4) is 0 Å². The molecule has 0 rings (SSSR count). The Balaban J connectivity index is 4.27. The molecule has 0 bridgehead atoms. The molecule has 0 fully saturated rings. The summed E-state index contributed by atoms with van der Waals surface area (Å²) in [6, 6.07) is 0. The number of primary amides is 1. The highest BCUT2D eigenvalue weighted by Crippen LogP contribution is 2.19. The zero-order valence-electron chi connectivity index (χ0n) is 7.76. The van der Waals surface area contributed by atoms with Crippen molar-refractivity contribution in [3.8, 4) is 12.3 Å². The van der Waals surface area contributed by atoms with Crippen LogP contribution in [0.4, 0.5) is 4.79 Å². The Morgan fingerprint density at radius 1 is 1.75 bits per heavy atom. The highest BCUT2D eigenvalue weighted by atomic mass is 16.6. The number of carbonyl (C=O) groups excluding carboxylic acids is 1. The SMILES string of the molecule is C#CC(C)(CC(C)C)OC(N)=O. The predicted octanol–water partition coefficient (Wildman–Crippen LogP) is 1.52. The number of terminal acetylenes is 1. The Kier molecular flexibility index (Phi) is 3.62. The van der Waals surface area contributed by atoms with Crippen LogP contribution in [0.25, 0.3) is 0 Å². The molecule has 0 aliphatic carbocycles. The minimum atomic E-state index is -0.861. The van der Waals surface area contributed by atoms with Gasteiger partial charge in [0.25, 0.3) is 0 Å². The molecule has 2 N–H and O–H groups in total. The monoisotopic (exact) mass is 169 g/mol. The summed E-state index contributed by atoms with van der Waals surface area (Å²) in [5.74, 6) is 2.78. The lowest BCUT2D eigenvalue weighted by molar-refractivity contribution is 0.0591. The second-order valence-electron chi connectivity index (χ2n) is 3.39. The molecule has 1 amide bonds. The first-order chi connectivity index (χ1) is 5.39. The predicted molar refractivity (Wildman–Crippen MR) is 47.4 cm³/mol. The second-order valence-corrected chi connectivity index (χ2v) is 3.39. The van der Waals surface area contributed by atoms with E-state index in [9.17, 15) is 4.79 Å². The minimum absolute atomic E-state index is 0.366. The molecule has 0 radical (unpaired) electrons. The number of amides is 1. The summed E-state index contributed by atoms with van der Waals surface area (Å²) >= 11 is 0. The first-order valence-corrected chi connectivity index (χ1v) is 3.86. The number of rotatable bonds is 3. The number of hydrogen-bond donors (Lipinski definition) is 1. The summed E-state index contributed by atoms with van der Waals surface area (Å²) in [7, 11) is 0. The highest BCUT2D eigenvalue weighted by molar-refractivity contribution is 5.65. The fraction of sp³-hybridized carbons (Fsp3) is 0.667. The van der Waals surface area contributed by atoms with E-state index in [1.165, 1.54) is 0 Å². The maximum atomic E-state index is 10.5. The zero-order valence-corrected chi connectivity index (χ0v) is 7.76. The molecule has 0 heterocycles. The van der Waals surface area contributed by atoms with Crippen molar-refractivity contribution in [2.75, 3.05) is 0 Å². The second kappa shape index (κ2) is 4.01. The van der Waals surface area contributed by atoms with Crippen LogP contribution < -0.4 is 5.73 Å². The zero-order chi connectivity index (χ0) is 9.78. The van der Waals surface area contributed by atoms with Crippen molar-refractivity contribution in [1.29, 1.82) is 0 Å². The summed E-state index contributed by atoms with van der Waals surface area (Å²) in [5.41, 5.74) is 4.01. The van der Waals surface area contributed by atoms with Crippen LogP contribution in [0.15, 0.2) is 0 Å². The van der Waals surface area contributed by atoms with Gasteiger partial charge >= 0.3 is 6.09 Å². The number of ether oxygens (including phenoxy) is 1. The van der Waals surface area contributed by atoms with Crippen LogP contribution in [0.2, 0.25) is 0 Å². The topological polar surface area (TPSA) is 52.3 Å². The molecule has 68 valence electrons. The molecular weight excluding hydrogens is 154 g/mol. The Hall–Kier alpha value is -1.17. The quantitative estimate of drug-likeness (QED) is 0.651. The van der Waals surface area contributed by atoms with E-state index in [0.717, 1.165) is 0 Å². The Morgan fingerprint density at radius 2 is 2.25 bits per heavy atom. The van der Waals surface area contributed by atoms with Gasteiger partial charge < -0.3 is 10.5 Å². The van der Waals surface area contributed by atoms with E-state index in [4.69, 9.17) is 16.9 Å². The average Bonchev–Trinajstić information content (AvgIpc) is 1.83. The fourth-order valence-corrected chi connectivity index (χ4v) is 1.13. The van der Waals surface area contributed by atoms with Crippen LogP contribution in [-0.4, -0.2) is 11.7 Å². The van der Waals surface area contributed by atoms with Crippen molar-refractivity contribution in [2.45, 2.75) is 32.8 Å². The van der Waals surface area contributed by atoms with Gasteiger partial charge in [0, 0.05) is 6.42 Å². The molecule has 0 aromatic heterocycles. The number of hydrogen-bond acceptors (Lipinski definition) is 2. The molecule has 0 spiro atoms. The van der Waals surface area contributed by atoms with E-state index in [1.807, 2.05) is 13.8 Å². The maximum Gasteiger partial charge on any atom is 0.406 e. The Morgan fingerprint density at radius 3 is 2.50 bits per heavy atom. The third-order valence-electron chi connectivity index (χ3n) is 1.43. The molecule has 0 aromatic rings. The van der Waals surface area contributed by atoms with Crippen molar-refractivity contribution in [3.63, 3.8) is 0 Å². The van der Waals surface area contributed by atoms with E-state index in [1.54, 1.807) is 6.92 Å². The lowest BCUT2D eigenvalue weighted by Gasteiger charge is -2.24. The van der Waals surface area contributed by atoms with Crippen LogP contribution in [0.5, 0.6) is 0 Å². The molecule has 1 atom stereocenters. The van der Waals surface area contributed by atoms with Gasteiger partial charge in [-0.2, -0.15) is 0 Å². The lowest BCUT2D eigenvalue weighted by atomic mass is 9.95.